The van der Waals surface area contributed by atoms with Crippen molar-refractivity contribution in [2.75, 3.05) is 38.9 Å². The van der Waals surface area contributed by atoms with Gasteiger partial charge >= 0.3 is 0 Å². The summed E-state index contributed by atoms with van der Waals surface area (Å²) >= 11 is 3.45. The summed E-state index contributed by atoms with van der Waals surface area (Å²) in [5.41, 5.74) is 1.56. The molecule has 0 aromatic heterocycles. The Hall–Kier alpha value is -1.09. The van der Waals surface area contributed by atoms with E-state index >= 15 is 0 Å². The van der Waals surface area contributed by atoms with Crippen molar-refractivity contribution in [3.63, 3.8) is 0 Å². The molecule has 1 aromatic carbocycles. The van der Waals surface area contributed by atoms with E-state index in [1.54, 1.807) is 14.2 Å². The van der Waals surface area contributed by atoms with Gasteiger partial charge in [0.25, 0.3) is 0 Å². The van der Waals surface area contributed by atoms with Crippen LogP contribution in [0.25, 0.3) is 0 Å². The van der Waals surface area contributed by atoms with E-state index in [9.17, 15) is 5.26 Å². The van der Waals surface area contributed by atoms with Crippen molar-refractivity contribution in [2.24, 2.45) is 0 Å². The third-order valence-corrected chi connectivity index (χ3v) is 3.36. The fraction of sp³-hybridized carbons (Fsp3) is 0.500. The monoisotopic (exact) mass is 326 g/mol. The highest BCUT2D eigenvalue weighted by Gasteiger charge is 2.17. The highest BCUT2D eigenvalue weighted by molar-refractivity contribution is 9.10. The molecule has 0 fully saturated rings. The lowest BCUT2D eigenvalue weighted by Crippen LogP contribution is -2.39. The van der Waals surface area contributed by atoms with Crippen LogP contribution in [0.15, 0.2) is 22.7 Å². The van der Waals surface area contributed by atoms with Gasteiger partial charge in [-0.1, -0.05) is 15.9 Å². The molecule has 0 N–H and O–H groups in total. The number of nitriles is 1. The van der Waals surface area contributed by atoms with Crippen LogP contribution in [-0.2, 0) is 9.47 Å². The lowest BCUT2D eigenvalue weighted by Gasteiger charge is -2.31. The van der Waals surface area contributed by atoms with Gasteiger partial charge in [0, 0.05) is 31.3 Å². The van der Waals surface area contributed by atoms with E-state index in [2.05, 4.69) is 33.8 Å². The molecule has 1 atom stereocenters. The number of methoxy groups -OCH3 is 2. The van der Waals surface area contributed by atoms with Gasteiger partial charge in [-0.05, 0) is 25.1 Å². The van der Waals surface area contributed by atoms with Crippen molar-refractivity contribution >= 4 is 21.6 Å². The van der Waals surface area contributed by atoms with Crippen LogP contribution in [0.2, 0.25) is 0 Å². The summed E-state index contributed by atoms with van der Waals surface area (Å²) in [6, 6.07) is 8.05. The number of anilines is 1. The van der Waals surface area contributed by atoms with Gasteiger partial charge in [0.1, 0.15) is 6.07 Å². The molecule has 0 saturated carbocycles. The predicted octanol–water partition coefficient (Wildman–Crippen LogP) is 2.81. The van der Waals surface area contributed by atoms with Crippen molar-refractivity contribution in [2.45, 2.75) is 13.0 Å². The standard InChI is InChI=1S/C14H19BrN2O2/c1-11(10-19-3)17(6-7-18-2)14-8-13(15)5-4-12(14)9-16/h4-5,8,11H,6-7,10H2,1-3H3. The number of benzene rings is 1. The first-order valence-electron chi connectivity index (χ1n) is 6.08. The first-order chi connectivity index (χ1) is 9.13. The van der Waals surface area contributed by atoms with E-state index in [0.717, 1.165) is 10.2 Å². The van der Waals surface area contributed by atoms with Crippen molar-refractivity contribution in [1.29, 1.82) is 5.26 Å². The Morgan fingerprint density at radius 1 is 1.37 bits per heavy atom. The fourth-order valence-corrected chi connectivity index (χ4v) is 2.29. The maximum Gasteiger partial charge on any atom is 0.101 e. The van der Waals surface area contributed by atoms with Crippen LogP contribution in [0.3, 0.4) is 0 Å². The second-order valence-electron chi connectivity index (χ2n) is 4.26. The van der Waals surface area contributed by atoms with Gasteiger partial charge in [0.2, 0.25) is 0 Å². The SMILES string of the molecule is COCCN(c1cc(Br)ccc1C#N)C(C)COC. The highest BCUT2D eigenvalue weighted by Crippen LogP contribution is 2.26. The van der Waals surface area contributed by atoms with Gasteiger partial charge < -0.3 is 14.4 Å². The Kier molecular flexibility index (Phi) is 6.85. The maximum absolute atomic E-state index is 9.24. The van der Waals surface area contributed by atoms with Crippen LogP contribution in [0.5, 0.6) is 0 Å². The predicted molar refractivity (Wildman–Crippen MR) is 79.4 cm³/mol. The van der Waals surface area contributed by atoms with E-state index in [0.29, 0.717) is 25.3 Å². The zero-order valence-corrected chi connectivity index (χ0v) is 13.1. The minimum absolute atomic E-state index is 0.168. The van der Waals surface area contributed by atoms with Crippen LogP contribution < -0.4 is 4.90 Å². The smallest absolute Gasteiger partial charge is 0.101 e. The molecule has 0 aliphatic carbocycles. The first kappa shape index (κ1) is 16.0. The molecule has 1 unspecified atom stereocenters. The molecule has 1 rings (SSSR count). The number of hydrogen-bond donors (Lipinski definition) is 0. The average molecular weight is 327 g/mol. The molecule has 5 heteroatoms. The molecule has 4 nitrogen and oxygen atoms in total. The van der Waals surface area contributed by atoms with Gasteiger partial charge in [-0.25, -0.2) is 0 Å². The number of nitrogens with zero attached hydrogens (tertiary/aromatic N) is 2. The van der Waals surface area contributed by atoms with E-state index in [1.807, 2.05) is 18.2 Å². The average Bonchev–Trinajstić information content (AvgIpc) is 2.40. The van der Waals surface area contributed by atoms with Crippen molar-refractivity contribution in [3.8, 4) is 6.07 Å². The molecule has 0 aliphatic heterocycles. The summed E-state index contributed by atoms with van der Waals surface area (Å²) in [5.74, 6) is 0. The molecule has 0 amide bonds. The summed E-state index contributed by atoms with van der Waals surface area (Å²) < 4.78 is 11.3. The van der Waals surface area contributed by atoms with E-state index in [4.69, 9.17) is 9.47 Å². The van der Waals surface area contributed by atoms with Crippen molar-refractivity contribution in [1.82, 2.24) is 0 Å². The van der Waals surface area contributed by atoms with Crippen LogP contribution in [0.4, 0.5) is 5.69 Å². The number of rotatable bonds is 7. The third kappa shape index (κ3) is 4.50. The van der Waals surface area contributed by atoms with E-state index < -0.39 is 0 Å². The summed E-state index contributed by atoms with van der Waals surface area (Å²) in [5, 5.41) is 9.24. The number of hydrogen-bond acceptors (Lipinski definition) is 4. The Morgan fingerprint density at radius 2 is 2.11 bits per heavy atom. The zero-order chi connectivity index (χ0) is 14.3. The second-order valence-corrected chi connectivity index (χ2v) is 5.18. The highest BCUT2D eigenvalue weighted by atomic mass is 79.9. The zero-order valence-electron chi connectivity index (χ0n) is 11.5. The first-order valence-corrected chi connectivity index (χ1v) is 6.87. The molecule has 104 valence electrons. The summed E-state index contributed by atoms with van der Waals surface area (Å²) in [6.07, 6.45) is 0. The molecular weight excluding hydrogens is 308 g/mol. The molecule has 19 heavy (non-hydrogen) atoms. The van der Waals surface area contributed by atoms with Crippen LogP contribution >= 0.6 is 15.9 Å². The lowest BCUT2D eigenvalue weighted by molar-refractivity contribution is 0.171. The van der Waals surface area contributed by atoms with Crippen LogP contribution in [0, 0.1) is 11.3 Å². The van der Waals surface area contributed by atoms with Gasteiger partial charge in [0.05, 0.1) is 24.5 Å². The van der Waals surface area contributed by atoms with Crippen LogP contribution in [0.1, 0.15) is 12.5 Å². The summed E-state index contributed by atoms with van der Waals surface area (Å²) in [4.78, 5) is 2.14. The summed E-state index contributed by atoms with van der Waals surface area (Å²) in [6.45, 7) is 3.99. The molecule has 0 spiro atoms. The van der Waals surface area contributed by atoms with Crippen molar-refractivity contribution < 1.29 is 9.47 Å². The fourth-order valence-electron chi connectivity index (χ4n) is 1.94. The Morgan fingerprint density at radius 3 is 2.68 bits per heavy atom. The lowest BCUT2D eigenvalue weighted by atomic mass is 10.1. The minimum atomic E-state index is 0.168. The molecule has 1 aromatic rings. The molecule has 0 bridgehead atoms. The molecular formula is C14H19BrN2O2. The van der Waals surface area contributed by atoms with Gasteiger partial charge in [-0.15, -0.1) is 0 Å². The van der Waals surface area contributed by atoms with Gasteiger partial charge in [0.15, 0.2) is 0 Å². The molecule has 0 heterocycles. The summed E-state index contributed by atoms with van der Waals surface area (Å²) in [7, 11) is 3.35. The van der Waals surface area contributed by atoms with E-state index in [1.165, 1.54) is 0 Å². The van der Waals surface area contributed by atoms with Crippen molar-refractivity contribution in [3.05, 3.63) is 28.2 Å². The normalized spacial score (nSPS) is 11.9. The second kappa shape index (κ2) is 8.16. The van der Waals surface area contributed by atoms with Crippen LogP contribution in [-0.4, -0.2) is 40.0 Å². The molecule has 0 saturated heterocycles. The Bertz CT molecular complexity index is 446. The number of ether oxygens (including phenoxy) is 2. The molecule has 0 aliphatic rings. The van der Waals surface area contributed by atoms with Gasteiger partial charge in [-0.3, -0.25) is 0 Å². The topological polar surface area (TPSA) is 45.5 Å². The van der Waals surface area contributed by atoms with E-state index in [-0.39, 0.29) is 6.04 Å². The number of halogens is 1. The quantitative estimate of drug-likeness (QED) is 0.773. The minimum Gasteiger partial charge on any atom is -0.383 e. The third-order valence-electron chi connectivity index (χ3n) is 2.87. The Labute approximate surface area is 123 Å². The van der Waals surface area contributed by atoms with Gasteiger partial charge in [-0.2, -0.15) is 5.26 Å². The maximum atomic E-state index is 9.24. The Balaban J connectivity index is 3.08. The molecule has 0 radical (unpaired) electrons. The largest absolute Gasteiger partial charge is 0.383 e.